The van der Waals surface area contributed by atoms with E-state index >= 15 is 0 Å². The summed E-state index contributed by atoms with van der Waals surface area (Å²) < 4.78 is 37.1. The standard InChI is InChI=1S/C16H13N5O3S2/c22-16-11-4-1-2-5-12(11)17-10-21(16)9-8-18-26(23,24)14-7-3-6-13-15(14)20-25-19-13/h1-7,10,18H,8-9H2. The van der Waals surface area contributed by atoms with Gasteiger partial charge in [0.2, 0.25) is 10.0 Å². The van der Waals surface area contributed by atoms with E-state index in [1.54, 1.807) is 36.4 Å². The normalized spacial score (nSPS) is 12.0. The molecule has 2 aromatic heterocycles. The second-order valence-corrected chi connectivity index (χ2v) is 7.81. The predicted molar refractivity (Wildman–Crippen MR) is 98.6 cm³/mol. The van der Waals surface area contributed by atoms with E-state index in [2.05, 4.69) is 18.5 Å². The summed E-state index contributed by atoms with van der Waals surface area (Å²) in [5.74, 6) is 0. The SMILES string of the molecule is O=c1c2ccccc2ncn1CCNS(=O)(=O)c1cccc2nsnc12. The van der Waals surface area contributed by atoms with Crippen LogP contribution in [0.15, 0.2) is 58.5 Å². The Bertz CT molecular complexity index is 1260. The van der Waals surface area contributed by atoms with E-state index in [1.165, 1.54) is 17.0 Å². The van der Waals surface area contributed by atoms with Crippen molar-refractivity contribution in [3.63, 3.8) is 0 Å². The van der Waals surface area contributed by atoms with E-state index in [0.717, 1.165) is 11.7 Å². The molecule has 8 nitrogen and oxygen atoms in total. The maximum Gasteiger partial charge on any atom is 0.261 e. The van der Waals surface area contributed by atoms with Crippen molar-refractivity contribution in [2.75, 3.05) is 6.54 Å². The highest BCUT2D eigenvalue weighted by atomic mass is 32.2. The number of rotatable bonds is 5. The molecule has 4 rings (SSSR count). The number of aromatic nitrogens is 4. The molecule has 0 bridgehead atoms. The highest BCUT2D eigenvalue weighted by Crippen LogP contribution is 2.20. The molecule has 0 unspecified atom stereocenters. The minimum atomic E-state index is -3.76. The van der Waals surface area contributed by atoms with E-state index in [-0.39, 0.29) is 23.5 Å². The number of hydrogen-bond donors (Lipinski definition) is 1. The zero-order chi connectivity index (χ0) is 18.1. The molecule has 0 aliphatic rings. The van der Waals surface area contributed by atoms with Crippen molar-refractivity contribution < 1.29 is 8.42 Å². The number of benzene rings is 2. The van der Waals surface area contributed by atoms with Crippen molar-refractivity contribution in [1.82, 2.24) is 23.0 Å². The summed E-state index contributed by atoms with van der Waals surface area (Å²) in [6.07, 6.45) is 1.42. The average Bonchev–Trinajstić information content (AvgIpc) is 3.12. The molecule has 0 spiro atoms. The number of para-hydroxylation sites is 1. The number of hydrogen-bond acceptors (Lipinski definition) is 7. The molecule has 0 aliphatic heterocycles. The quantitative estimate of drug-likeness (QED) is 0.554. The van der Waals surface area contributed by atoms with Crippen LogP contribution >= 0.6 is 11.7 Å². The summed E-state index contributed by atoms with van der Waals surface area (Å²) in [5, 5.41) is 0.496. The third-order valence-electron chi connectivity index (χ3n) is 3.91. The highest BCUT2D eigenvalue weighted by molar-refractivity contribution is 7.89. The van der Waals surface area contributed by atoms with Gasteiger partial charge in [-0.2, -0.15) is 8.75 Å². The van der Waals surface area contributed by atoms with Gasteiger partial charge in [0, 0.05) is 13.1 Å². The molecule has 1 N–H and O–H groups in total. The summed E-state index contributed by atoms with van der Waals surface area (Å²) in [6, 6.07) is 11.8. The number of sulfonamides is 1. The second kappa shape index (κ2) is 6.56. The maximum absolute atomic E-state index is 12.6. The van der Waals surface area contributed by atoms with Gasteiger partial charge in [0.25, 0.3) is 5.56 Å². The third kappa shape index (κ3) is 2.98. The molecule has 0 saturated carbocycles. The van der Waals surface area contributed by atoms with Gasteiger partial charge in [-0.3, -0.25) is 9.36 Å². The van der Waals surface area contributed by atoms with Crippen molar-refractivity contribution in [2.24, 2.45) is 0 Å². The summed E-state index contributed by atoms with van der Waals surface area (Å²) in [5.41, 5.74) is 1.28. The Balaban J connectivity index is 1.55. The summed E-state index contributed by atoms with van der Waals surface area (Å²) in [7, 11) is -3.76. The fraction of sp³-hybridized carbons (Fsp3) is 0.125. The lowest BCUT2D eigenvalue weighted by molar-refractivity contribution is 0.570. The zero-order valence-electron chi connectivity index (χ0n) is 13.4. The summed E-state index contributed by atoms with van der Waals surface area (Å²) in [6.45, 7) is 0.220. The van der Waals surface area contributed by atoms with E-state index in [4.69, 9.17) is 0 Å². The monoisotopic (exact) mass is 387 g/mol. The van der Waals surface area contributed by atoms with Crippen LogP contribution in [0.3, 0.4) is 0 Å². The van der Waals surface area contributed by atoms with Crippen molar-refractivity contribution in [1.29, 1.82) is 0 Å². The van der Waals surface area contributed by atoms with Crippen LogP contribution in [0.25, 0.3) is 21.9 Å². The van der Waals surface area contributed by atoms with Gasteiger partial charge < -0.3 is 0 Å². The van der Waals surface area contributed by atoms with E-state index < -0.39 is 10.0 Å². The van der Waals surface area contributed by atoms with Crippen molar-refractivity contribution in [3.05, 3.63) is 59.1 Å². The van der Waals surface area contributed by atoms with Crippen molar-refractivity contribution >= 4 is 43.7 Å². The molecule has 26 heavy (non-hydrogen) atoms. The minimum absolute atomic E-state index is 0.0518. The molecule has 10 heteroatoms. The van der Waals surface area contributed by atoms with Crippen molar-refractivity contribution in [3.8, 4) is 0 Å². The molecular weight excluding hydrogens is 374 g/mol. The van der Waals surface area contributed by atoms with Gasteiger partial charge in [-0.25, -0.2) is 18.1 Å². The molecule has 0 amide bonds. The van der Waals surface area contributed by atoms with Crippen LogP contribution in [0, 0.1) is 0 Å². The third-order valence-corrected chi connectivity index (χ3v) is 5.95. The fourth-order valence-corrected chi connectivity index (χ4v) is 4.43. The van der Waals surface area contributed by atoms with Gasteiger partial charge in [0.15, 0.2) is 0 Å². The van der Waals surface area contributed by atoms with E-state index in [0.29, 0.717) is 21.9 Å². The van der Waals surface area contributed by atoms with Crippen LogP contribution in [0.4, 0.5) is 0 Å². The van der Waals surface area contributed by atoms with Crippen LogP contribution < -0.4 is 10.3 Å². The maximum atomic E-state index is 12.6. The molecule has 2 heterocycles. The van der Waals surface area contributed by atoms with Crippen LogP contribution in [-0.2, 0) is 16.6 Å². The fourth-order valence-electron chi connectivity index (χ4n) is 2.64. The van der Waals surface area contributed by atoms with Gasteiger partial charge >= 0.3 is 0 Å². The molecule has 0 saturated heterocycles. The van der Waals surface area contributed by atoms with Crippen molar-refractivity contribution in [2.45, 2.75) is 11.4 Å². The summed E-state index contributed by atoms with van der Waals surface area (Å²) in [4.78, 5) is 16.7. The Morgan fingerprint density at radius 3 is 2.73 bits per heavy atom. The first kappa shape index (κ1) is 16.8. The molecule has 0 aliphatic carbocycles. The number of nitrogens with one attached hydrogen (secondary N) is 1. The van der Waals surface area contributed by atoms with Crippen LogP contribution in [0.1, 0.15) is 0 Å². The molecule has 4 aromatic rings. The largest absolute Gasteiger partial charge is 0.297 e. The smallest absolute Gasteiger partial charge is 0.261 e. The van der Waals surface area contributed by atoms with E-state index in [1.807, 2.05) is 0 Å². The topological polar surface area (TPSA) is 107 Å². The van der Waals surface area contributed by atoms with E-state index in [9.17, 15) is 13.2 Å². The second-order valence-electron chi connectivity index (χ2n) is 5.55. The number of fused-ring (bicyclic) bond motifs is 2. The molecule has 0 atom stereocenters. The first-order valence-electron chi connectivity index (χ1n) is 7.71. The summed E-state index contributed by atoms with van der Waals surface area (Å²) >= 11 is 0.961. The van der Waals surface area contributed by atoms with Crippen LogP contribution in [0.2, 0.25) is 0 Å². The molecule has 2 aromatic carbocycles. The zero-order valence-corrected chi connectivity index (χ0v) is 15.0. The molecular formula is C16H13N5O3S2. The average molecular weight is 387 g/mol. The van der Waals surface area contributed by atoms with Gasteiger partial charge in [-0.05, 0) is 24.3 Å². The highest BCUT2D eigenvalue weighted by Gasteiger charge is 2.19. The lowest BCUT2D eigenvalue weighted by Crippen LogP contribution is -2.31. The lowest BCUT2D eigenvalue weighted by atomic mass is 10.2. The number of nitrogens with zero attached hydrogens (tertiary/aromatic N) is 4. The Kier molecular flexibility index (Phi) is 4.23. The molecule has 0 fully saturated rings. The Hall–Kier alpha value is -2.69. The predicted octanol–water partition coefficient (Wildman–Crippen LogP) is 1.38. The Morgan fingerprint density at radius 1 is 1.04 bits per heavy atom. The minimum Gasteiger partial charge on any atom is -0.297 e. The van der Waals surface area contributed by atoms with Gasteiger partial charge in [0.1, 0.15) is 15.9 Å². The molecule has 0 radical (unpaired) electrons. The molecule has 132 valence electrons. The first-order valence-corrected chi connectivity index (χ1v) is 9.93. The van der Waals surface area contributed by atoms with Crippen LogP contribution in [-0.4, -0.2) is 33.3 Å². The van der Waals surface area contributed by atoms with Crippen LogP contribution in [0.5, 0.6) is 0 Å². The van der Waals surface area contributed by atoms with Gasteiger partial charge in [-0.15, -0.1) is 0 Å². The van der Waals surface area contributed by atoms with Gasteiger partial charge in [0.05, 0.1) is 29.0 Å². The lowest BCUT2D eigenvalue weighted by Gasteiger charge is -2.09. The Labute approximate surface area is 152 Å². The Morgan fingerprint density at radius 2 is 1.85 bits per heavy atom. The first-order chi connectivity index (χ1) is 12.6. The van der Waals surface area contributed by atoms with Gasteiger partial charge in [-0.1, -0.05) is 18.2 Å².